The summed E-state index contributed by atoms with van der Waals surface area (Å²) in [4.78, 5) is 7.59. The van der Waals surface area contributed by atoms with E-state index in [4.69, 9.17) is 0 Å². The number of nitrogens with one attached hydrogen (secondary N) is 1. The third-order valence-electron chi connectivity index (χ3n) is 4.16. The van der Waals surface area contributed by atoms with Crippen LogP contribution < -0.4 is 0 Å². The van der Waals surface area contributed by atoms with E-state index in [0.717, 1.165) is 13.0 Å². The van der Waals surface area contributed by atoms with Crippen LogP contribution in [-0.4, -0.2) is 48.8 Å². The van der Waals surface area contributed by atoms with Crippen LogP contribution in [0.1, 0.15) is 11.3 Å². The van der Waals surface area contributed by atoms with Gasteiger partial charge in [-0.2, -0.15) is 0 Å². The normalized spacial score (nSPS) is 18.3. The van der Waals surface area contributed by atoms with E-state index in [1.165, 1.54) is 34.5 Å². The molecule has 0 unspecified atom stereocenters. The van der Waals surface area contributed by atoms with E-state index in [1.807, 2.05) is 0 Å². The van der Waals surface area contributed by atoms with Crippen molar-refractivity contribution in [2.45, 2.75) is 17.7 Å². The molecule has 19 heavy (non-hydrogen) atoms. The standard InChI is InChI=1S/C16H24N2S/c1-18-9-7-14-13-6-5-12(19(2,3)4)11-16(13)17-15(14)8-10-18/h5-6,11,17H,7-10H2,1-4H3. The lowest BCUT2D eigenvalue weighted by atomic mass is 10.1. The summed E-state index contributed by atoms with van der Waals surface area (Å²) in [6, 6.07) is 7.05. The van der Waals surface area contributed by atoms with E-state index in [0.29, 0.717) is 0 Å². The molecule has 0 saturated heterocycles. The van der Waals surface area contributed by atoms with Crippen molar-refractivity contribution < 1.29 is 0 Å². The molecule has 0 atom stereocenters. The number of hydrogen-bond donors (Lipinski definition) is 1. The third kappa shape index (κ3) is 2.41. The van der Waals surface area contributed by atoms with Crippen LogP contribution in [0.5, 0.6) is 0 Å². The van der Waals surface area contributed by atoms with Gasteiger partial charge < -0.3 is 9.88 Å². The minimum atomic E-state index is -0.640. The highest BCUT2D eigenvalue weighted by molar-refractivity contribution is 8.32. The first-order valence-electron chi connectivity index (χ1n) is 6.95. The van der Waals surface area contributed by atoms with Crippen molar-refractivity contribution in [3.8, 4) is 0 Å². The zero-order valence-electron chi connectivity index (χ0n) is 12.4. The van der Waals surface area contributed by atoms with Crippen molar-refractivity contribution in [1.82, 2.24) is 9.88 Å². The Labute approximate surface area is 117 Å². The van der Waals surface area contributed by atoms with Crippen molar-refractivity contribution >= 4 is 20.9 Å². The second kappa shape index (κ2) is 4.57. The molecule has 3 rings (SSSR count). The molecule has 1 aliphatic heterocycles. The first-order valence-corrected chi connectivity index (χ1v) is 9.81. The van der Waals surface area contributed by atoms with Crippen molar-refractivity contribution in [2.24, 2.45) is 0 Å². The predicted molar refractivity (Wildman–Crippen MR) is 86.8 cm³/mol. The van der Waals surface area contributed by atoms with Crippen LogP contribution in [0.25, 0.3) is 10.9 Å². The molecular formula is C16H24N2S. The number of rotatable bonds is 1. The van der Waals surface area contributed by atoms with Gasteiger partial charge in [-0.15, -0.1) is 0 Å². The van der Waals surface area contributed by atoms with Crippen LogP contribution >= 0.6 is 10.0 Å². The molecule has 0 saturated carbocycles. The fraction of sp³-hybridized carbons (Fsp3) is 0.500. The lowest BCUT2D eigenvalue weighted by Crippen LogP contribution is -2.21. The Morgan fingerprint density at radius 2 is 1.84 bits per heavy atom. The van der Waals surface area contributed by atoms with Crippen molar-refractivity contribution in [3.05, 3.63) is 29.5 Å². The molecule has 2 nitrogen and oxygen atoms in total. The number of fused-ring (bicyclic) bond motifs is 3. The largest absolute Gasteiger partial charge is 0.358 e. The molecule has 1 N–H and O–H groups in total. The number of hydrogen-bond acceptors (Lipinski definition) is 1. The van der Waals surface area contributed by atoms with Crippen molar-refractivity contribution in [3.63, 3.8) is 0 Å². The molecule has 0 aliphatic carbocycles. The van der Waals surface area contributed by atoms with Gasteiger partial charge in [0.25, 0.3) is 0 Å². The Hall–Kier alpha value is -0.930. The van der Waals surface area contributed by atoms with E-state index in [-0.39, 0.29) is 0 Å². The van der Waals surface area contributed by atoms with Gasteiger partial charge in [-0.25, -0.2) is 10.0 Å². The average Bonchev–Trinajstić information content (AvgIpc) is 2.59. The van der Waals surface area contributed by atoms with Crippen molar-refractivity contribution in [2.75, 3.05) is 38.9 Å². The summed E-state index contributed by atoms with van der Waals surface area (Å²) in [5.41, 5.74) is 4.35. The zero-order chi connectivity index (χ0) is 13.6. The molecular weight excluding hydrogens is 252 g/mol. The molecule has 0 bridgehead atoms. The van der Waals surface area contributed by atoms with Crippen LogP contribution in [-0.2, 0) is 12.8 Å². The molecule has 1 aliphatic rings. The van der Waals surface area contributed by atoms with Gasteiger partial charge in [0.1, 0.15) is 0 Å². The SMILES string of the molecule is CN1CCc2[nH]c3cc(S(C)(C)C)ccc3c2CC1. The molecule has 1 aromatic heterocycles. The van der Waals surface area contributed by atoms with Gasteiger partial charge in [0.15, 0.2) is 0 Å². The minimum Gasteiger partial charge on any atom is -0.358 e. The number of nitrogens with zero attached hydrogens (tertiary/aromatic N) is 1. The Balaban J connectivity index is 2.09. The number of aromatic nitrogens is 1. The van der Waals surface area contributed by atoms with Gasteiger partial charge in [-0.3, -0.25) is 0 Å². The molecule has 0 radical (unpaired) electrons. The highest BCUT2D eigenvalue weighted by atomic mass is 32.3. The first kappa shape index (κ1) is 13.1. The second-order valence-corrected chi connectivity index (χ2v) is 10.6. The van der Waals surface area contributed by atoms with Crippen LogP contribution in [0.4, 0.5) is 0 Å². The van der Waals surface area contributed by atoms with Gasteiger partial charge in [0.2, 0.25) is 0 Å². The number of H-pyrrole nitrogens is 1. The Morgan fingerprint density at radius 1 is 1.11 bits per heavy atom. The molecule has 3 heteroatoms. The van der Waals surface area contributed by atoms with Gasteiger partial charge in [-0.05, 0) is 54.8 Å². The van der Waals surface area contributed by atoms with Crippen molar-refractivity contribution in [1.29, 1.82) is 0 Å². The van der Waals surface area contributed by atoms with Crippen LogP contribution in [0.2, 0.25) is 0 Å². The summed E-state index contributed by atoms with van der Waals surface area (Å²) in [7, 11) is 1.58. The Morgan fingerprint density at radius 3 is 2.58 bits per heavy atom. The fourth-order valence-electron chi connectivity index (χ4n) is 2.89. The summed E-state index contributed by atoms with van der Waals surface area (Å²) in [5, 5.41) is 1.44. The van der Waals surface area contributed by atoms with Gasteiger partial charge in [0, 0.05) is 36.1 Å². The lowest BCUT2D eigenvalue weighted by molar-refractivity contribution is 0.352. The molecule has 2 aromatic rings. The monoisotopic (exact) mass is 276 g/mol. The summed E-state index contributed by atoms with van der Waals surface area (Å²) in [6.07, 6.45) is 9.40. The van der Waals surface area contributed by atoms with Gasteiger partial charge in [-0.1, -0.05) is 6.07 Å². The smallest absolute Gasteiger partial charge is 0.0469 e. The molecule has 0 amide bonds. The molecule has 104 valence electrons. The summed E-state index contributed by atoms with van der Waals surface area (Å²) in [6.45, 7) is 2.34. The van der Waals surface area contributed by atoms with Crippen LogP contribution in [0, 0.1) is 0 Å². The first-order chi connectivity index (χ1) is 8.95. The maximum atomic E-state index is 3.68. The number of likely N-dealkylation sites (N-methyl/N-ethyl adjacent to an activating group) is 1. The van der Waals surface area contributed by atoms with Crippen LogP contribution in [0.3, 0.4) is 0 Å². The predicted octanol–water partition coefficient (Wildman–Crippen LogP) is 3.25. The number of benzene rings is 1. The Bertz CT molecular complexity index is 607. The average molecular weight is 276 g/mol. The quantitative estimate of drug-likeness (QED) is 0.847. The molecule has 1 aromatic carbocycles. The van der Waals surface area contributed by atoms with E-state index < -0.39 is 10.0 Å². The Kier molecular flexibility index (Phi) is 3.14. The van der Waals surface area contributed by atoms with E-state index in [1.54, 1.807) is 5.56 Å². The highest BCUT2D eigenvalue weighted by Gasteiger charge is 2.17. The molecule has 2 heterocycles. The number of aromatic amines is 1. The fourth-order valence-corrected chi connectivity index (χ4v) is 3.84. The third-order valence-corrected chi connectivity index (χ3v) is 5.83. The lowest BCUT2D eigenvalue weighted by Gasteiger charge is -2.25. The molecule has 0 spiro atoms. The maximum Gasteiger partial charge on any atom is 0.0469 e. The van der Waals surface area contributed by atoms with Crippen LogP contribution in [0.15, 0.2) is 23.1 Å². The van der Waals surface area contributed by atoms with E-state index >= 15 is 0 Å². The topological polar surface area (TPSA) is 19.0 Å². The molecule has 0 fully saturated rings. The summed E-state index contributed by atoms with van der Waals surface area (Å²) in [5.74, 6) is 0. The van der Waals surface area contributed by atoms with Gasteiger partial charge >= 0.3 is 0 Å². The van der Waals surface area contributed by atoms with Gasteiger partial charge in [0.05, 0.1) is 0 Å². The van der Waals surface area contributed by atoms with E-state index in [2.05, 4.69) is 53.9 Å². The zero-order valence-corrected chi connectivity index (χ0v) is 13.2. The highest BCUT2D eigenvalue weighted by Crippen LogP contribution is 2.46. The summed E-state index contributed by atoms with van der Waals surface area (Å²) >= 11 is 0. The minimum absolute atomic E-state index is 0.640. The van der Waals surface area contributed by atoms with E-state index in [9.17, 15) is 0 Å². The summed E-state index contributed by atoms with van der Waals surface area (Å²) < 4.78 is 0. The second-order valence-electron chi connectivity index (χ2n) is 6.43. The maximum absolute atomic E-state index is 3.68.